The number of hydrogen-bond acceptors (Lipinski definition) is 7. The molecule has 2 aromatic heterocycles. The molecule has 2 amide bonds. The van der Waals surface area contributed by atoms with Crippen molar-refractivity contribution in [1.29, 1.82) is 5.26 Å². The number of carbonyl (C=O) groups excluding carboxylic acids is 2. The van der Waals surface area contributed by atoms with E-state index < -0.39 is 60.7 Å². The van der Waals surface area contributed by atoms with Crippen molar-refractivity contribution in [3.05, 3.63) is 83.0 Å². The Hall–Kier alpha value is -4.21. The Morgan fingerprint density at radius 3 is 2.63 bits per heavy atom. The second-order valence-electron chi connectivity index (χ2n) is 9.96. The zero-order chi connectivity index (χ0) is 29.3. The maximum absolute atomic E-state index is 14.5. The molecule has 0 spiro atoms. The Morgan fingerprint density at radius 2 is 1.95 bits per heavy atom. The van der Waals surface area contributed by atoms with E-state index in [2.05, 4.69) is 15.3 Å². The normalized spacial score (nSPS) is 20.5. The van der Waals surface area contributed by atoms with Gasteiger partial charge in [-0.15, -0.1) is 0 Å². The maximum Gasteiger partial charge on any atom is 0.252 e. The van der Waals surface area contributed by atoms with E-state index in [1.807, 2.05) is 6.07 Å². The average molecular weight is 585 g/mol. The molecule has 5 rings (SSSR count). The highest BCUT2D eigenvalue weighted by Crippen LogP contribution is 2.40. The molecule has 0 radical (unpaired) electrons. The summed E-state index contributed by atoms with van der Waals surface area (Å²) in [6.45, 7) is 0. The zero-order valence-electron chi connectivity index (χ0n) is 21.4. The minimum Gasteiger partial charge on any atom is -0.374 e. The van der Waals surface area contributed by atoms with Gasteiger partial charge in [-0.05, 0) is 31.0 Å². The van der Waals surface area contributed by atoms with E-state index in [1.54, 1.807) is 12.1 Å². The van der Waals surface area contributed by atoms with Crippen LogP contribution in [0, 0.1) is 17.1 Å². The highest BCUT2D eigenvalue weighted by Gasteiger charge is 2.48. The minimum absolute atomic E-state index is 0.0888. The standard InChI is InChI=1S/C28H24ClF3N6O3/c29-21-4-2-1-3-20(21)25(26(40)36-18-11-28(31,32)12-18)37(19-10-17(30)14-34-15-19)27(41)22-5-6-24(39)38(22)23-9-16(13-33)7-8-35-23/h1-4,7-10,14-15,18,22,24-25,39H,5-6,11-12H2,(H,36,40)/t22-,24?,25?/m0/s1. The quantitative estimate of drug-likeness (QED) is 0.428. The zero-order valence-corrected chi connectivity index (χ0v) is 22.2. The number of benzene rings is 1. The van der Waals surface area contributed by atoms with Crippen LogP contribution < -0.4 is 15.1 Å². The fourth-order valence-corrected chi connectivity index (χ4v) is 5.45. The molecule has 1 aliphatic heterocycles. The molecule has 9 nitrogen and oxygen atoms in total. The van der Waals surface area contributed by atoms with Crippen LogP contribution in [0.25, 0.3) is 0 Å². The van der Waals surface area contributed by atoms with Crippen molar-refractivity contribution < 1.29 is 27.9 Å². The molecular formula is C28H24ClF3N6O3. The monoisotopic (exact) mass is 584 g/mol. The van der Waals surface area contributed by atoms with E-state index in [4.69, 9.17) is 11.6 Å². The number of anilines is 2. The van der Waals surface area contributed by atoms with Crippen molar-refractivity contribution in [3.8, 4) is 6.07 Å². The van der Waals surface area contributed by atoms with E-state index >= 15 is 0 Å². The van der Waals surface area contributed by atoms with Gasteiger partial charge in [0.2, 0.25) is 5.91 Å². The predicted molar refractivity (Wildman–Crippen MR) is 142 cm³/mol. The fourth-order valence-electron chi connectivity index (χ4n) is 5.21. The van der Waals surface area contributed by atoms with Crippen LogP contribution >= 0.6 is 11.6 Å². The van der Waals surface area contributed by atoms with Crippen LogP contribution in [0.2, 0.25) is 5.02 Å². The Bertz CT molecular complexity index is 1510. The third-order valence-electron chi connectivity index (χ3n) is 7.13. The van der Waals surface area contributed by atoms with Gasteiger partial charge < -0.3 is 15.3 Å². The van der Waals surface area contributed by atoms with Crippen LogP contribution in [0.4, 0.5) is 24.7 Å². The average Bonchev–Trinajstić information content (AvgIpc) is 3.32. The first-order valence-corrected chi connectivity index (χ1v) is 13.1. The van der Waals surface area contributed by atoms with Gasteiger partial charge in [-0.2, -0.15) is 5.26 Å². The van der Waals surface area contributed by atoms with Crippen LogP contribution in [0.5, 0.6) is 0 Å². The molecule has 2 aliphatic rings. The van der Waals surface area contributed by atoms with E-state index in [1.165, 1.54) is 41.6 Å². The lowest BCUT2D eigenvalue weighted by molar-refractivity contribution is -0.133. The summed E-state index contributed by atoms with van der Waals surface area (Å²) in [5.74, 6) is -5.07. The Balaban J connectivity index is 1.60. The van der Waals surface area contributed by atoms with Gasteiger partial charge in [0.25, 0.3) is 11.8 Å². The topological polar surface area (TPSA) is 122 Å². The van der Waals surface area contributed by atoms with Crippen LogP contribution in [0.1, 0.15) is 42.9 Å². The molecule has 212 valence electrons. The number of aromatic nitrogens is 2. The molecule has 13 heteroatoms. The Morgan fingerprint density at radius 1 is 1.20 bits per heavy atom. The minimum atomic E-state index is -2.91. The van der Waals surface area contributed by atoms with Crippen molar-refractivity contribution in [1.82, 2.24) is 15.3 Å². The molecule has 2 unspecified atom stereocenters. The number of aliphatic hydroxyl groups excluding tert-OH is 1. The smallest absolute Gasteiger partial charge is 0.252 e. The molecule has 3 aromatic rings. The SMILES string of the molecule is N#Cc1ccnc(N2C(O)CC[C@H]2C(=O)N(c2cncc(F)c2)C(C(=O)NC2CC(F)(F)C2)c2ccccc2Cl)c1. The van der Waals surface area contributed by atoms with Gasteiger partial charge in [-0.1, -0.05) is 29.8 Å². The van der Waals surface area contributed by atoms with Gasteiger partial charge in [0.1, 0.15) is 29.9 Å². The van der Waals surface area contributed by atoms with Crippen molar-refractivity contribution in [3.63, 3.8) is 0 Å². The van der Waals surface area contributed by atoms with E-state index in [9.17, 15) is 33.1 Å². The lowest BCUT2D eigenvalue weighted by Gasteiger charge is -2.39. The van der Waals surface area contributed by atoms with Crippen LogP contribution in [-0.2, 0) is 9.59 Å². The van der Waals surface area contributed by atoms with Crippen molar-refractivity contribution in [2.24, 2.45) is 0 Å². The molecular weight excluding hydrogens is 561 g/mol. The van der Waals surface area contributed by atoms with Crippen molar-refractivity contribution >= 4 is 34.9 Å². The first-order chi connectivity index (χ1) is 19.6. The van der Waals surface area contributed by atoms with Crippen LogP contribution in [0.3, 0.4) is 0 Å². The molecule has 1 aliphatic carbocycles. The Kier molecular flexibility index (Phi) is 7.84. The van der Waals surface area contributed by atoms with Gasteiger partial charge >= 0.3 is 0 Å². The number of carbonyl (C=O) groups is 2. The lowest BCUT2D eigenvalue weighted by atomic mass is 9.87. The number of aliphatic hydroxyl groups is 1. The van der Waals surface area contributed by atoms with Crippen LogP contribution in [-0.4, -0.2) is 51.1 Å². The van der Waals surface area contributed by atoms with Gasteiger partial charge in [-0.3, -0.25) is 19.5 Å². The van der Waals surface area contributed by atoms with Gasteiger partial charge in [0.15, 0.2) is 0 Å². The summed E-state index contributed by atoms with van der Waals surface area (Å²) in [5.41, 5.74) is 0.330. The Labute approximate surface area is 238 Å². The summed E-state index contributed by atoms with van der Waals surface area (Å²) in [4.78, 5) is 38.6. The number of hydrogen-bond donors (Lipinski definition) is 2. The van der Waals surface area contributed by atoms with E-state index in [-0.39, 0.29) is 40.5 Å². The summed E-state index contributed by atoms with van der Waals surface area (Å²) < 4.78 is 41.6. The number of nitrogens with zero attached hydrogens (tertiary/aromatic N) is 5. The summed E-state index contributed by atoms with van der Waals surface area (Å²) >= 11 is 6.48. The second kappa shape index (κ2) is 11.3. The number of pyridine rings is 2. The molecule has 3 heterocycles. The molecule has 1 saturated heterocycles. The summed E-state index contributed by atoms with van der Waals surface area (Å²) in [6.07, 6.45) is 1.50. The first-order valence-electron chi connectivity index (χ1n) is 12.8. The van der Waals surface area contributed by atoms with Gasteiger partial charge in [-0.25, -0.2) is 18.2 Å². The van der Waals surface area contributed by atoms with E-state index in [0.29, 0.717) is 0 Å². The van der Waals surface area contributed by atoms with Gasteiger partial charge in [0.05, 0.1) is 29.7 Å². The second-order valence-corrected chi connectivity index (χ2v) is 10.4. The first kappa shape index (κ1) is 28.3. The number of alkyl halides is 2. The van der Waals surface area contributed by atoms with Gasteiger partial charge in [0, 0.05) is 41.7 Å². The van der Waals surface area contributed by atoms with Crippen molar-refractivity contribution in [2.75, 3.05) is 9.80 Å². The fraction of sp³-hybridized carbons (Fsp3) is 0.321. The summed E-state index contributed by atoms with van der Waals surface area (Å²) in [6, 6.07) is 8.66. The molecule has 2 N–H and O–H groups in total. The third-order valence-corrected chi connectivity index (χ3v) is 7.47. The van der Waals surface area contributed by atoms with Crippen LogP contribution in [0.15, 0.2) is 61.1 Å². The molecule has 0 bridgehead atoms. The number of halogens is 4. The molecule has 1 saturated carbocycles. The maximum atomic E-state index is 14.5. The number of nitrogens with one attached hydrogen (secondary N) is 1. The van der Waals surface area contributed by atoms with E-state index in [0.717, 1.165) is 17.2 Å². The molecule has 2 fully saturated rings. The predicted octanol–water partition coefficient (Wildman–Crippen LogP) is 4.12. The number of rotatable bonds is 7. The summed E-state index contributed by atoms with van der Waals surface area (Å²) in [7, 11) is 0. The number of nitriles is 1. The number of amides is 2. The highest BCUT2D eigenvalue weighted by molar-refractivity contribution is 6.31. The largest absolute Gasteiger partial charge is 0.374 e. The highest BCUT2D eigenvalue weighted by atomic mass is 35.5. The lowest BCUT2D eigenvalue weighted by Crippen LogP contribution is -2.56. The summed E-state index contributed by atoms with van der Waals surface area (Å²) in [5, 5.41) is 22.9. The molecule has 1 aromatic carbocycles. The molecule has 41 heavy (non-hydrogen) atoms. The molecule has 3 atom stereocenters. The third kappa shape index (κ3) is 5.82. The van der Waals surface area contributed by atoms with Crippen molar-refractivity contribution in [2.45, 2.75) is 56.0 Å².